The minimum atomic E-state index is -0.583. The molecule has 0 saturated carbocycles. The van der Waals surface area contributed by atoms with Crippen LogP contribution < -0.4 is 11.1 Å². The monoisotopic (exact) mass is 262 g/mol. The highest BCUT2D eigenvalue weighted by molar-refractivity contribution is 5.23. The minimum absolute atomic E-state index is 0.245. The second-order valence-corrected chi connectivity index (χ2v) is 4.32. The highest BCUT2D eigenvalue weighted by Crippen LogP contribution is 2.18. The van der Waals surface area contributed by atoms with Crippen molar-refractivity contribution in [1.82, 2.24) is 5.32 Å². The molecule has 100 valence electrons. The molecule has 0 aromatic heterocycles. The van der Waals surface area contributed by atoms with Crippen molar-refractivity contribution >= 4 is 0 Å². The Balaban J connectivity index is 2.08. The molecule has 3 N–H and O–H groups in total. The van der Waals surface area contributed by atoms with E-state index in [1.54, 1.807) is 0 Å². The van der Waals surface area contributed by atoms with E-state index < -0.39 is 11.6 Å². The van der Waals surface area contributed by atoms with Gasteiger partial charge in [0.1, 0.15) is 11.6 Å². The van der Waals surface area contributed by atoms with Gasteiger partial charge in [-0.25, -0.2) is 8.78 Å². The van der Waals surface area contributed by atoms with Gasteiger partial charge in [0, 0.05) is 30.8 Å². The number of benzene rings is 2. The van der Waals surface area contributed by atoms with Crippen LogP contribution in [-0.2, 0) is 6.54 Å². The van der Waals surface area contributed by atoms with E-state index in [1.165, 1.54) is 12.1 Å². The molecule has 19 heavy (non-hydrogen) atoms. The molecule has 0 heterocycles. The summed E-state index contributed by atoms with van der Waals surface area (Å²) in [6, 6.07) is 13.0. The molecule has 2 nitrogen and oxygen atoms in total. The largest absolute Gasteiger partial charge is 0.329 e. The Morgan fingerprint density at radius 2 is 1.79 bits per heavy atom. The van der Waals surface area contributed by atoms with Crippen LogP contribution in [0.25, 0.3) is 0 Å². The third-order valence-electron chi connectivity index (χ3n) is 2.97. The predicted molar refractivity (Wildman–Crippen MR) is 71.4 cm³/mol. The summed E-state index contributed by atoms with van der Waals surface area (Å²) in [6.07, 6.45) is 0. The van der Waals surface area contributed by atoms with Gasteiger partial charge in [0.25, 0.3) is 0 Å². The van der Waals surface area contributed by atoms with Gasteiger partial charge >= 0.3 is 0 Å². The van der Waals surface area contributed by atoms with Gasteiger partial charge in [-0.2, -0.15) is 0 Å². The Kier molecular flexibility index (Phi) is 4.60. The lowest BCUT2D eigenvalue weighted by atomic mass is 10.1. The molecule has 0 spiro atoms. The third-order valence-corrected chi connectivity index (χ3v) is 2.97. The van der Waals surface area contributed by atoms with Gasteiger partial charge in [-0.1, -0.05) is 36.4 Å². The second-order valence-electron chi connectivity index (χ2n) is 4.32. The van der Waals surface area contributed by atoms with Gasteiger partial charge in [-0.3, -0.25) is 0 Å². The summed E-state index contributed by atoms with van der Waals surface area (Å²) in [6.45, 7) is 0.828. The molecule has 0 aliphatic rings. The maximum absolute atomic E-state index is 13.7. The summed E-state index contributed by atoms with van der Waals surface area (Å²) in [7, 11) is 0. The van der Waals surface area contributed by atoms with Gasteiger partial charge in [-0.15, -0.1) is 0 Å². The number of hydrogen-bond acceptors (Lipinski definition) is 2. The average Bonchev–Trinajstić information content (AvgIpc) is 2.42. The molecular weight excluding hydrogens is 246 g/mol. The second kappa shape index (κ2) is 6.41. The van der Waals surface area contributed by atoms with Crippen molar-refractivity contribution in [3.8, 4) is 0 Å². The highest BCUT2D eigenvalue weighted by Gasteiger charge is 2.14. The zero-order chi connectivity index (χ0) is 13.7. The lowest BCUT2D eigenvalue weighted by molar-refractivity contribution is 0.498. The molecule has 0 amide bonds. The summed E-state index contributed by atoms with van der Waals surface area (Å²) < 4.78 is 26.6. The summed E-state index contributed by atoms with van der Waals surface area (Å²) in [5, 5.41) is 3.17. The van der Waals surface area contributed by atoms with Crippen LogP contribution >= 0.6 is 0 Å². The van der Waals surface area contributed by atoms with Crippen LogP contribution in [-0.4, -0.2) is 6.54 Å². The van der Waals surface area contributed by atoms with Crippen LogP contribution in [0.15, 0.2) is 48.5 Å². The number of halogens is 2. The Morgan fingerprint density at radius 1 is 1.05 bits per heavy atom. The van der Waals surface area contributed by atoms with Crippen molar-refractivity contribution in [2.24, 2.45) is 5.73 Å². The first-order valence-corrected chi connectivity index (χ1v) is 6.13. The quantitative estimate of drug-likeness (QED) is 0.869. The van der Waals surface area contributed by atoms with E-state index in [1.807, 2.05) is 30.3 Å². The molecule has 4 heteroatoms. The lowest BCUT2D eigenvalue weighted by Crippen LogP contribution is -2.28. The van der Waals surface area contributed by atoms with E-state index in [4.69, 9.17) is 5.73 Å². The Hall–Kier alpha value is -1.78. The van der Waals surface area contributed by atoms with E-state index in [-0.39, 0.29) is 12.6 Å². The SMILES string of the molecule is NCC(NCc1ccccc1)c1ccc(F)cc1F. The minimum Gasteiger partial charge on any atom is -0.329 e. The standard InChI is InChI=1S/C15H16F2N2/c16-12-6-7-13(14(17)8-12)15(9-18)19-10-11-4-2-1-3-5-11/h1-8,15,19H,9-10,18H2. The maximum atomic E-state index is 13.7. The number of rotatable bonds is 5. The Morgan fingerprint density at radius 3 is 2.42 bits per heavy atom. The smallest absolute Gasteiger partial charge is 0.130 e. The molecule has 2 rings (SSSR count). The fourth-order valence-electron chi connectivity index (χ4n) is 1.94. The normalized spacial score (nSPS) is 12.4. The maximum Gasteiger partial charge on any atom is 0.130 e. The summed E-state index contributed by atoms with van der Waals surface area (Å²) in [5.41, 5.74) is 7.13. The van der Waals surface area contributed by atoms with E-state index in [9.17, 15) is 8.78 Å². The van der Waals surface area contributed by atoms with E-state index in [0.29, 0.717) is 12.1 Å². The van der Waals surface area contributed by atoms with Crippen LogP contribution in [0.3, 0.4) is 0 Å². The van der Waals surface area contributed by atoms with Crippen molar-refractivity contribution in [1.29, 1.82) is 0 Å². The van der Waals surface area contributed by atoms with Crippen molar-refractivity contribution in [3.05, 3.63) is 71.3 Å². The molecule has 0 aliphatic heterocycles. The predicted octanol–water partition coefficient (Wildman–Crippen LogP) is 2.75. The van der Waals surface area contributed by atoms with E-state index >= 15 is 0 Å². The molecule has 0 radical (unpaired) electrons. The first-order valence-electron chi connectivity index (χ1n) is 6.13. The summed E-state index contributed by atoms with van der Waals surface area (Å²) in [4.78, 5) is 0. The van der Waals surface area contributed by atoms with Crippen molar-refractivity contribution in [2.45, 2.75) is 12.6 Å². The highest BCUT2D eigenvalue weighted by atomic mass is 19.1. The lowest BCUT2D eigenvalue weighted by Gasteiger charge is -2.18. The molecule has 0 aliphatic carbocycles. The fourth-order valence-corrected chi connectivity index (χ4v) is 1.94. The van der Waals surface area contributed by atoms with Crippen molar-refractivity contribution < 1.29 is 8.78 Å². The molecule has 0 bridgehead atoms. The van der Waals surface area contributed by atoms with Gasteiger partial charge < -0.3 is 11.1 Å². The molecular formula is C15H16F2N2. The zero-order valence-corrected chi connectivity index (χ0v) is 10.4. The average molecular weight is 262 g/mol. The number of hydrogen-bond donors (Lipinski definition) is 2. The van der Waals surface area contributed by atoms with Crippen LogP contribution in [0.4, 0.5) is 8.78 Å². The topological polar surface area (TPSA) is 38.0 Å². The fraction of sp³-hybridized carbons (Fsp3) is 0.200. The Labute approximate surface area is 111 Å². The van der Waals surface area contributed by atoms with E-state index in [2.05, 4.69) is 5.32 Å². The van der Waals surface area contributed by atoms with E-state index in [0.717, 1.165) is 11.6 Å². The Bertz CT molecular complexity index is 529. The molecule has 2 aromatic rings. The van der Waals surface area contributed by atoms with Crippen LogP contribution in [0.1, 0.15) is 17.2 Å². The molecule has 1 atom stereocenters. The zero-order valence-electron chi connectivity index (χ0n) is 10.4. The van der Waals surface area contributed by atoms with Crippen molar-refractivity contribution in [2.75, 3.05) is 6.54 Å². The van der Waals surface area contributed by atoms with Crippen LogP contribution in [0.5, 0.6) is 0 Å². The van der Waals surface area contributed by atoms with Gasteiger partial charge in [0.15, 0.2) is 0 Å². The molecule has 2 aromatic carbocycles. The molecule has 0 fully saturated rings. The first kappa shape index (κ1) is 13.6. The van der Waals surface area contributed by atoms with Gasteiger partial charge in [0.2, 0.25) is 0 Å². The number of nitrogens with one attached hydrogen (secondary N) is 1. The van der Waals surface area contributed by atoms with Crippen LogP contribution in [0.2, 0.25) is 0 Å². The van der Waals surface area contributed by atoms with Crippen LogP contribution in [0, 0.1) is 11.6 Å². The first-order chi connectivity index (χ1) is 9.20. The molecule has 0 saturated heterocycles. The summed E-state index contributed by atoms with van der Waals surface area (Å²) >= 11 is 0. The summed E-state index contributed by atoms with van der Waals surface area (Å²) in [5.74, 6) is -1.16. The van der Waals surface area contributed by atoms with Crippen molar-refractivity contribution in [3.63, 3.8) is 0 Å². The van der Waals surface area contributed by atoms with Gasteiger partial charge in [-0.05, 0) is 11.6 Å². The number of nitrogens with two attached hydrogens (primary N) is 1. The third kappa shape index (κ3) is 3.59. The molecule has 1 unspecified atom stereocenters. The van der Waals surface area contributed by atoms with Gasteiger partial charge in [0.05, 0.1) is 0 Å².